The minimum Gasteiger partial charge on any atom is -0.311 e. The Hall–Kier alpha value is -0.230. The molecule has 0 aromatic carbocycles. The van der Waals surface area contributed by atoms with E-state index in [1.165, 1.54) is 19.2 Å². The van der Waals surface area contributed by atoms with E-state index in [4.69, 9.17) is 0 Å². The summed E-state index contributed by atoms with van der Waals surface area (Å²) in [4.78, 5) is 7.00. The predicted octanol–water partition coefficient (Wildman–Crippen LogP) is 3.61. The maximum atomic E-state index is 4.24. The molecule has 16 heavy (non-hydrogen) atoms. The monoisotopic (exact) mass is 316 g/mol. The minimum absolute atomic E-state index is 0.952. The number of nitrogens with one attached hydrogen (secondary N) is 1. The van der Waals surface area contributed by atoms with Crippen LogP contribution >= 0.6 is 38.6 Å². The zero-order valence-electron chi connectivity index (χ0n) is 9.00. The molecule has 2 heterocycles. The average Bonchev–Trinajstić information content (AvgIpc) is 2.83. The summed E-state index contributed by atoms with van der Waals surface area (Å²) in [6.45, 7) is 4.04. The topological polar surface area (TPSA) is 24.9 Å². The first-order valence-corrected chi connectivity index (χ1v) is 7.58. The van der Waals surface area contributed by atoms with Crippen LogP contribution in [0.1, 0.15) is 15.4 Å². The molecule has 0 amide bonds. The van der Waals surface area contributed by atoms with Gasteiger partial charge in [-0.05, 0) is 41.4 Å². The van der Waals surface area contributed by atoms with Gasteiger partial charge in [-0.25, -0.2) is 4.98 Å². The number of rotatable bonds is 5. The molecule has 0 aliphatic carbocycles. The highest BCUT2D eigenvalue weighted by Crippen LogP contribution is 2.21. The van der Waals surface area contributed by atoms with E-state index in [9.17, 15) is 0 Å². The van der Waals surface area contributed by atoms with Crippen LogP contribution in [0.2, 0.25) is 0 Å². The van der Waals surface area contributed by atoms with Gasteiger partial charge in [-0.1, -0.05) is 0 Å². The number of hydrogen-bond donors (Lipinski definition) is 1. The quantitative estimate of drug-likeness (QED) is 0.852. The van der Waals surface area contributed by atoms with Gasteiger partial charge in [0.1, 0.15) is 0 Å². The number of hydrogen-bond acceptors (Lipinski definition) is 4. The van der Waals surface area contributed by atoms with Crippen molar-refractivity contribution in [3.05, 3.63) is 36.9 Å². The van der Waals surface area contributed by atoms with Crippen LogP contribution in [0.15, 0.2) is 21.4 Å². The second-order valence-corrected chi connectivity index (χ2v) is 6.98. The van der Waals surface area contributed by atoms with Gasteiger partial charge in [0.05, 0.1) is 15.0 Å². The smallest absolute Gasteiger partial charge is 0.0797 e. The predicted molar refractivity (Wildman–Crippen MR) is 74.3 cm³/mol. The van der Waals surface area contributed by atoms with Crippen LogP contribution in [0.5, 0.6) is 0 Å². The number of thiazole rings is 1. The molecule has 2 rings (SSSR count). The first-order valence-electron chi connectivity index (χ1n) is 5.09. The Bertz CT molecular complexity index is 450. The molecule has 0 radical (unpaired) electrons. The molecule has 0 atom stereocenters. The van der Waals surface area contributed by atoms with Crippen LogP contribution in [0.25, 0.3) is 0 Å². The molecule has 2 aromatic rings. The van der Waals surface area contributed by atoms with Gasteiger partial charge >= 0.3 is 0 Å². The zero-order chi connectivity index (χ0) is 11.4. The first kappa shape index (κ1) is 12.2. The van der Waals surface area contributed by atoms with Crippen molar-refractivity contribution in [2.45, 2.75) is 19.9 Å². The summed E-state index contributed by atoms with van der Waals surface area (Å²) in [6.07, 6.45) is 1.07. The summed E-state index contributed by atoms with van der Waals surface area (Å²) in [5, 5.41) is 3.45. The fourth-order valence-corrected chi connectivity index (χ4v) is 3.66. The second-order valence-electron chi connectivity index (χ2n) is 3.49. The third-order valence-electron chi connectivity index (χ3n) is 2.30. The van der Waals surface area contributed by atoms with Gasteiger partial charge in [0.2, 0.25) is 0 Å². The molecule has 0 aliphatic heterocycles. The number of thiophene rings is 1. The van der Waals surface area contributed by atoms with E-state index in [2.05, 4.69) is 45.3 Å². The van der Waals surface area contributed by atoms with Crippen LogP contribution in [0, 0.1) is 6.92 Å². The van der Waals surface area contributed by atoms with E-state index in [1.807, 2.05) is 5.51 Å². The van der Waals surface area contributed by atoms with Crippen LogP contribution in [0.3, 0.4) is 0 Å². The molecule has 0 saturated heterocycles. The highest BCUT2D eigenvalue weighted by atomic mass is 79.9. The molecule has 0 saturated carbocycles. The van der Waals surface area contributed by atoms with Crippen molar-refractivity contribution >= 4 is 38.6 Å². The maximum Gasteiger partial charge on any atom is 0.0797 e. The van der Waals surface area contributed by atoms with Gasteiger partial charge in [0, 0.05) is 22.8 Å². The fourth-order valence-electron chi connectivity index (χ4n) is 1.43. The standard InChI is InChI=1S/C11H13BrN2S2/c1-8-10(15-7-14-8)4-5-13-6-9-2-3-11(12)16-9/h2-3,7,13H,4-6H2,1H3. The Morgan fingerprint density at radius 2 is 2.31 bits per heavy atom. The highest BCUT2D eigenvalue weighted by molar-refractivity contribution is 9.11. The first-order chi connectivity index (χ1) is 7.75. The van der Waals surface area contributed by atoms with E-state index in [0.29, 0.717) is 0 Å². The molecule has 1 N–H and O–H groups in total. The lowest BCUT2D eigenvalue weighted by Crippen LogP contribution is -2.15. The van der Waals surface area contributed by atoms with Crippen molar-refractivity contribution in [3.63, 3.8) is 0 Å². The third kappa shape index (κ3) is 3.38. The third-order valence-corrected chi connectivity index (χ3v) is 4.92. The van der Waals surface area contributed by atoms with Crippen molar-refractivity contribution in [2.75, 3.05) is 6.54 Å². The van der Waals surface area contributed by atoms with Crippen molar-refractivity contribution in [1.29, 1.82) is 0 Å². The van der Waals surface area contributed by atoms with Gasteiger partial charge in [-0.2, -0.15) is 0 Å². The van der Waals surface area contributed by atoms with Gasteiger partial charge in [-0.15, -0.1) is 22.7 Å². The molecule has 0 bridgehead atoms. The van der Waals surface area contributed by atoms with Gasteiger partial charge < -0.3 is 5.32 Å². The lowest BCUT2D eigenvalue weighted by atomic mass is 10.3. The van der Waals surface area contributed by atoms with Crippen molar-refractivity contribution in [2.24, 2.45) is 0 Å². The maximum absolute atomic E-state index is 4.24. The largest absolute Gasteiger partial charge is 0.311 e. The Kier molecular flexibility index (Phi) is 4.52. The Labute approximate surface area is 112 Å². The van der Waals surface area contributed by atoms with Crippen LogP contribution < -0.4 is 5.32 Å². The number of aromatic nitrogens is 1. The van der Waals surface area contributed by atoms with E-state index in [1.54, 1.807) is 22.7 Å². The average molecular weight is 317 g/mol. The van der Waals surface area contributed by atoms with Crippen molar-refractivity contribution in [3.8, 4) is 0 Å². The molecular formula is C11H13BrN2S2. The normalized spacial score (nSPS) is 10.9. The summed E-state index contributed by atoms with van der Waals surface area (Å²) in [6, 6.07) is 4.24. The second kappa shape index (κ2) is 5.91. The minimum atomic E-state index is 0.952. The summed E-state index contributed by atoms with van der Waals surface area (Å²) in [7, 11) is 0. The van der Waals surface area contributed by atoms with Gasteiger partial charge in [-0.3, -0.25) is 0 Å². The molecular weight excluding hydrogens is 304 g/mol. The van der Waals surface area contributed by atoms with E-state index in [0.717, 1.165) is 19.5 Å². The number of halogens is 1. The summed E-state index contributed by atoms with van der Waals surface area (Å²) in [5.41, 5.74) is 3.09. The lowest BCUT2D eigenvalue weighted by Gasteiger charge is -2.01. The Morgan fingerprint density at radius 1 is 1.44 bits per heavy atom. The van der Waals surface area contributed by atoms with E-state index < -0.39 is 0 Å². The summed E-state index contributed by atoms with van der Waals surface area (Å²) >= 11 is 6.99. The number of nitrogens with zero attached hydrogens (tertiary/aromatic N) is 1. The number of aryl methyl sites for hydroxylation is 1. The van der Waals surface area contributed by atoms with E-state index >= 15 is 0 Å². The van der Waals surface area contributed by atoms with Gasteiger partial charge in [0.25, 0.3) is 0 Å². The highest BCUT2D eigenvalue weighted by Gasteiger charge is 2.01. The molecule has 2 aromatic heterocycles. The van der Waals surface area contributed by atoms with Crippen molar-refractivity contribution < 1.29 is 0 Å². The van der Waals surface area contributed by atoms with Crippen LogP contribution in [-0.4, -0.2) is 11.5 Å². The molecule has 0 unspecified atom stereocenters. The van der Waals surface area contributed by atoms with Gasteiger partial charge in [0.15, 0.2) is 0 Å². The molecule has 0 fully saturated rings. The Morgan fingerprint density at radius 3 is 2.94 bits per heavy atom. The Balaban J connectivity index is 1.71. The lowest BCUT2D eigenvalue weighted by molar-refractivity contribution is 0.695. The van der Waals surface area contributed by atoms with Crippen molar-refractivity contribution in [1.82, 2.24) is 10.3 Å². The molecule has 5 heteroatoms. The molecule has 0 spiro atoms. The zero-order valence-corrected chi connectivity index (χ0v) is 12.2. The summed E-state index contributed by atoms with van der Waals surface area (Å²) < 4.78 is 1.20. The van der Waals surface area contributed by atoms with Crippen LogP contribution in [-0.2, 0) is 13.0 Å². The molecule has 86 valence electrons. The molecule has 2 nitrogen and oxygen atoms in total. The van der Waals surface area contributed by atoms with E-state index in [-0.39, 0.29) is 0 Å². The fraction of sp³-hybridized carbons (Fsp3) is 0.364. The SMILES string of the molecule is Cc1ncsc1CCNCc1ccc(Br)s1. The van der Waals surface area contributed by atoms with Crippen LogP contribution in [0.4, 0.5) is 0 Å². The molecule has 0 aliphatic rings. The summed E-state index contributed by atoms with van der Waals surface area (Å²) in [5.74, 6) is 0.